The van der Waals surface area contributed by atoms with Crippen LogP contribution in [-0.4, -0.2) is 25.7 Å². The van der Waals surface area contributed by atoms with Crippen molar-refractivity contribution in [1.82, 2.24) is 5.32 Å². The van der Waals surface area contributed by atoms with Gasteiger partial charge in [0, 0.05) is 25.7 Å². The van der Waals surface area contributed by atoms with Crippen LogP contribution in [0.3, 0.4) is 0 Å². The van der Waals surface area contributed by atoms with E-state index in [2.05, 4.69) is 42.3 Å². The van der Waals surface area contributed by atoms with E-state index in [1.54, 1.807) is 0 Å². The lowest BCUT2D eigenvalue weighted by atomic mass is 10.0. The standard InChI is InChI=1S/C14H19N3/c1-3-12-4-5-14(13(8-12)9-15)17-7-6-16-10-11(17)2/h4-5,8,11,16H,3,6-7,10H2,1-2H3/t11-/m1/s1. The SMILES string of the molecule is CCc1ccc(N2CCNC[C@H]2C)c(C#N)c1. The van der Waals surface area contributed by atoms with Gasteiger partial charge in [-0.3, -0.25) is 0 Å². The maximum absolute atomic E-state index is 9.26. The second-order valence-corrected chi connectivity index (χ2v) is 4.56. The van der Waals surface area contributed by atoms with Gasteiger partial charge in [0.1, 0.15) is 6.07 Å². The second kappa shape index (κ2) is 5.20. The van der Waals surface area contributed by atoms with Crippen molar-refractivity contribution in [2.75, 3.05) is 24.5 Å². The molecule has 0 unspecified atom stereocenters. The highest BCUT2D eigenvalue weighted by molar-refractivity contribution is 5.61. The minimum Gasteiger partial charge on any atom is -0.365 e. The lowest BCUT2D eigenvalue weighted by Crippen LogP contribution is -2.50. The van der Waals surface area contributed by atoms with Gasteiger partial charge in [0.25, 0.3) is 0 Å². The number of hydrogen-bond donors (Lipinski definition) is 1. The Labute approximate surface area is 103 Å². The van der Waals surface area contributed by atoms with E-state index in [9.17, 15) is 5.26 Å². The van der Waals surface area contributed by atoms with Crippen molar-refractivity contribution in [3.63, 3.8) is 0 Å². The number of nitrogens with zero attached hydrogens (tertiary/aromatic N) is 2. The van der Waals surface area contributed by atoms with E-state index in [0.29, 0.717) is 6.04 Å². The summed E-state index contributed by atoms with van der Waals surface area (Å²) in [5.74, 6) is 0. The molecule has 1 saturated heterocycles. The number of anilines is 1. The molecule has 0 aliphatic carbocycles. The average Bonchev–Trinajstić information content (AvgIpc) is 2.38. The molecular formula is C14H19N3. The molecule has 0 radical (unpaired) electrons. The van der Waals surface area contributed by atoms with Crippen LogP contribution < -0.4 is 10.2 Å². The van der Waals surface area contributed by atoms with Crippen LogP contribution in [0.5, 0.6) is 0 Å². The first kappa shape index (κ1) is 11.9. The molecule has 1 fully saturated rings. The number of nitriles is 1. The van der Waals surface area contributed by atoms with E-state index in [-0.39, 0.29) is 0 Å². The molecule has 90 valence electrons. The van der Waals surface area contributed by atoms with Gasteiger partial charge < -0.3 is 10.2 Å². The fraction of sp³-hybridized carbons (Fsp3) is 0.500. The second-order valence-electron chi connectivity index (χ2n) is 4.56. The van der Waals surface area contributed by atoms with Crippen LogP contribution in [0.1, 0.15) is 25.0 Å². The summed E-state index contributed by atoms with van der Waals surface area (Å²) in [6, 6.07) is 9.02. The van der Waals surface area contributed by atoms with E-state index in [1.807, 2.05) is 6.07 Å². The Morgan fingerprint density at radius 2 is 2.35 bits per heavy atom. The lowest BCUT2D eigenvalue weighted by Gasteiger charge is -2.36. The van der Waals surface area contributed by atoms with E-state index < -0.39 is 0 Å². The molecular weight excluding hydrogens is 210 g/mol. The van der Waals surface area contributed by atoms with Crippen molar-refractivity contribution in [3.8, 4) is 6.07 Å². The highest BCUT2D eigenvalue weighted by Crippen LogP contribution is 2.24. The molecule has 3 heteroatoms. The minimum atomic E-state index is 0.448. The fourth-order valence-corrected chi connectivity index (χ4v) is 2.34. The number of aryl methyl sites for hydroxylation is 1. The Morgan fingerprint density at radius 1 is 1.53 bits per heavy atom. The van der Waals surface area contributed by atoms with Crippen LogP contribution in [0.4, 0.5) is 5.69 Å². The van der Waals surface area contributed by atoms with Gasteiger partial charge in [0.15, 0.2) is 0 Å². The smallest absolute Gasteiger partial charge is 0.101 e. The monoisotopic (exact) mass is 229 g/mol. The first-order valence-corrected chi connectivity index (χ1v) is 6.26. The van der Waals surface area contributed by atoms with E-state index >= 15 is 0 Å². The third-order valence-corrected chi connectivity index (χ3v) is 3.40. The number of benzene rings is 1. The molecule has 3 nitrogen and oxygen atoms in total. The Morgan fingerprint density at radius 3 is 3.00 bits per heavy atom. The van der Waals surface area contributed by atoms with Gasteiger partial charge in [-0.05, 0) is 31.0 Å². The molecule has 0 bridgehead atoms. The number of hydrogen-bond acceptors (Lipinski definition) is 3. The van der Waals surface area contributed by atoms with Gasteiger partial charge in [-0.2, -0.15) is 5.26 Å². The zero-order chi connectivity index (χ0) is 12.3. The molecule has 0 spiro atoms. The fourth-order valence-electron chi connectivity index (χ4n) is 2.34. The normalized spacial score (nSPS) is 20.1. The minimum absolute atomic E-state index is 0.448. The first-order chi connectivity index (χ1) is 8.26. The van der Waals surface area contributed by atoms with Crippen LogP contribution in [0.25, 0.3) is 0 Å². The van der Waals surface area contributed by atoms with Gasteiger partial charge in [-0.1, -0.05) is 13.0 Å². The molecule has 1 aliphatic rings. The van der Waals surface area contributed by atoms with E-state index in [1.165, 1.54) is 5.56 Å². The molecule has 0 saturated carbocycles. The molecule has 1 aromatic carbocycles. The van der Waals surface area contributed by atoms with Crippen molar-refractivity contribution in [2.24, 2.45) is 0 Å². The number of rotatable bonds is 2. The summed E-state index contributed by atoms with van der Waals surface area (Å²) >= 11 is 0. The highest BCUT2D eigenvalue weighted by Gasteiger charge is 2.20. The van der Waals surface area contributed by atoms with Crippen LogP contribution in [0.2, 0.25) is 0 Å². The van der Waals surface area contributed by atoms with Crippen molar-refractivity contribution in [1.29, 1.82) is 5.26 Å². The van der Waals surface area contributed by atoms with Crippen molar-refractivity contribution < 1.29 is 0 Å². The Balaban J connectivity index is 2.34. The maximum Gasteiger partial charge on any atom is 0.101 e. The van der Waals surface area contributed by atoms with Crippen molar-refractivity contribution in [3.05, 3.63) is 29.3 Å². The lowest BCUT2D eigenvalue weighted by molar-refractivity contribution is 0.500. The summed E-state index contributed by atoms with van der Waals surface area (Å²) in [7, 11) is 0. The topological polar surface area (TPSA) is 39.1 Å². The van der Waals surface area contributed by atoms with Crippen molar-refractivity contribution in [2.45, 2.75) is 26.3 Å². The summed E-state index contributed by atoms with van der Waals surface area (Å²) in [5, 5.41) is 12.6. The highest BCUT2D eigenvalue weighted by atomic mass is 15.2. The summed E-state index contributed by atoms with van der Waals surface area (Å²) in [6.07, 6.45) is 0.978. The summed E-state index contributed by atoms with van der Waals surface area (Å²) < 4.78 is 0. The molecule has 1 atom stereocenters. The Hall–Kier alpha value is -1.53. The maximum atomic E-state index is 9.26. The van der Waals surface area contributed by atoms with E-state index in [4.69, 9.17) is 0 Å². The largest absolute Gasteiger partial charge is 0.365 e. The third-order valence-electron chi connectivity index (χ3n) is 3.40. The van der Waals surface area contributed by atoms with Crippen molar-refractivity contribution >= 4 is 5.69 Å². The molecule has 0 aromatic heterocycles. The van der Waals surface area contributed by atoms with Gasteiger partial charge in [0.05, 0.1) is 11.3 Å². The van der Waals surface area contributed by atoms with Crippen LogP contribution in [-0.2, 0) is 6.42 Å². The molecule has 1 aliphatic heterocycles. The summed E-state index contributed by atoms with van der Waals surface area (Å²) in [6.45, 7) is 7.26. The molecule has 2 rings (SSSR count). The number of nitrogens with one attached hydrogen (secondary N) is 1. The Bertz CT molecular complexity index is 434. The van der Waals surface area contributed by atoms with Gasteiger partial charge in [0.2, 0.25) is 0 Å². The zero-order valence-corrected chi connectivity index (χ0v) is 10.5. The molecule has 1 heterocycles. The summed E-state index contributed by atoms with van der Waals surface area (Å²) in [5.41, 5.74) is 3.12. The van der Waals surface area contributed by atoms with Crippen LogP contribution >= 0.6 is 0 Å². The zero-order valence-electron chi connectivity index (χ0n) is 10.5. The molecule has 0 amide bonds. The quantitative estimate of drug-likeness (QED) is 0.842. The third kappa shape index (κ3) is 2.42. The molecule has 1 aromatic rings. The van der Waals surface area contributed by atoms with Crippen LogP contribution in [0, 0.1) is 11.3 Å². The summed E-state index contributed by atoms with van der Waals surface area (Å²) in [4.78, 5) is 2.33. The average molecular weight is 229 g/mol. The van der Waals surface area contributed by atoms with Crippen LogP contribution in [0.15, 0.2) is 18.2 Å². The Kier molecular flexibility index (Phi) is 3.65. The molecule has 1 N–H and O–H groups in total. The molecule has 17 heavy (non-hydrogen) atoms. The number of piperazine rings is 1. The first-order valence-electron chi connectivity index (χ1n) is 6.26. The predicted octanol–water partition coefficient (Wildman–Crippen LogP) is 1.92. The van der Waals surface area contributed by atoms with E-state index in [0.717, 1.165) is 37.3 Å². The van der Waals surface area contributed by atoms with Gasteiger partial charge >= 0.3 is 0 Å². The van der Waals surface area contributed by atoms with Gasteiger partial charge in [-0.15, -0.1) is 0 Å². The van der Waals surface area contributed by atoms with Gasteiger partial charge in [-0.25, -0.2) is 0 Å². The predicted molar refractivity (Wildman–Crippen MR) is 70.2 cm³/mol.